The van der Waals surface area contributed by atoms with Gasteiger partial charge in [0.15, 0.2) is 0 Å². The summed E-state index contributed by atoms with van der Waals surface area (Å²) in [6, 6.07) is 53.9. The fourth-order valence-corrected chi connectivity index (χ4v) is 7.20. The minimum absolute atomic E-state index is 0. The second-order valence-corrected chi connectivity index (χ2v) is 14.8. The number of aryl methyl sites for hydroxylation is 2. The van der Waals surface area contributed by atoms with Gasteiger partial charge in [-0.1, -0.05) is 93.2 Å². The van der Waals surface area contributed by atoms with Crippen molar-refractivity contribution in [1.82, 2.24) is 9.55 Å². The number of benzene rings is 6. The predicted octanol–water partition coefficient (Wildman–Crippen LogP) is 12.6. The Morgan fingerprint density at radius 1 is 0.611 bits per heavy atom. The number of ether oxygens (including phenoxy) is 1. The molecule has 0 unspecified atom stereocenters. The molecule has 6 aromatic carbocycles. The van der Waals surface area contributed by atoms with Crippen LogP contribution in [0.1, 0.15) is 37.5 Å². The Bertz CT molecular complexity index is 2590. The molecule has 0 atom stereocenters. The Labute approximate surface area is 331 Å². The number of rotatable bonds is 6. The molecule has 0 saturated carbocycles. The standard InChI is InChI=1S/C48H39N4O.Pt/c1-32-23-45-46(24-33(32)2)51(31-50(45)37-17-10-7-11-18-37)38-27-36(48(3,4)5)28-41(29-38)53-40-26-35(34-15-8-6-9-16-34)25-39(30-40)52-44-21-13-12-19-42(44)43-20-14-22-49-47(43)52;/h6-28,31H,1-5H3;/q-3;. The van der Waals surface area contributed by atoms with E-state index in [-0.39, 0.29) is 26.5 Å². The molecule has 9 rings (SSSR count). The number of pyridine rings is 1. The molecule has 0 fully saturated rings. The van der Waals surface area contributed by atoms with E-state index < -0.39 is 0 Å². The largest absolute Gasteiger partial charge is 0.509 e. The van der Waals surface area contributed by atoms with Crippen LogP contribution in [0.2, 0.25) is 0 Å². The van der Waals surface area contributed by atoms with E-state index >= 15 is 0 Å². The van der Waals surface area contributed by atoms with Gasteiger partial charge in [-0.15, -0.1) is 59.9 Å². The van der Waals surface area contributed by atoms with E-state index in [1.807, 2.05) is 18.3 Å². The van der Waals surface area contributed by atoms with Gasteiger partial charge in [0.05, 0.1) is 5.52 Å². The summed E-state index contributed by atoms with van der Waals surface area (Å²) in [5, 5.41) is 2.24. The van der Waals surface area contributed by atoms with Gasteiger partial charge in [-0.3, -0.25) is 0 Å². The molecule has 6 heteroatoms. The van der Waals surface area contributed by atoms with E-state index in [9.17, 15) is 0 Å². The summed E-state index contributed by atoms with van der Waals surface area (Å²) in [5.74, 6) is 1.22. The van der Waals surface area contributed by atoms with Gasteiger partial charge in [-0.05, 0) is 78.4 Å². The van der Waals surface area contributed by atoms with E-state index in [2.05, 4.69) is 189 Å². The van der Waals surface area contributed by atoms with Crippen LogP contribution in [0.3, 0.4) is 0 Å². The number of hydrogen-bond donors (Lipinski definition) is 0. The van der Waals surface area contributed by atoms with Crippen LogP contribution in [-0.4, -0.2) is 9.55 Å². The van der Waals surface area contributed by atoms with Gasteiger partial charge in [0.2, 0.25) is 0 Å². The zero-order valence-corrected chi connectivity index (χ0v) is 33.1. The number of fused-ring (bicyclic) bond motifs is 4. The molecule has 8 aromatic rings. The molecule has 0 aliphatic carbocycles. The van der Waals surface area contributed by atoms with Crippen LogP contribution in [0, 0.1) is 32.6 Å². The number of anilines is 4. The monoisotopic (exact) mass is 882 g/mol. The maximum Gasteiger partial charge on any atom is 0.143 e. The van der Waals surface area contributed by atoms with Gasteiger partial charge in [0.1, 0.15) is 5.65 Å². The minimum Gasteiger partial charge on any atom is -0.509 e. The molecule has 270 valence electrons. The summed E-state index contributed by atoms with van der Waals surface area (Å²) in [6.07, 6.45) is 1.85. The third kappa shape index (κ3) is 6.37. The van der Waals surface area contributed by atoms with Gasteiger partial charge in [0, 0.05) is 66.6 Å². The van der Waals surface area contributed by atoms with E-state index in [1.54, 1.807) is 0 Å². The Morgan fingerprint density at radius 2 is 1.24 bits per heavy atom. The summed E-state index contributed by atoms with van der Waals surface area (Å²) in [4.78, 5) is 9.33. The molecule has 0 spiro atoms. The first-order chi connectivity index (χ1) is 25.7. The van der Waals surface area contributed by atoms with Crippen LogP contribution >= 0.6 is 0 Å². The summed E-state index contributed by atoms with van der Waals surface area (Å²) in [7, 11) is 0. The van der Waals surface area contributed by atoms with Crippen molar-refractivity contribution in [2.45, 2.75) is 40.0 Å². The number of para-hydroxylation sites is 2. The zero-order valence-electron chi connectivity index (χ0n) is 30.9. The zero-order chi connectivity index (χ0) is 36.3. The molecule has 2 aromatic heterocycles. The van der Waals surface area contributed by atoms with Crippen LogP contribution in [0.15, 0.2) is 140 Å². The predicted molar refractivity (Wildman–Crippen MR) is 218 cm³/mol. The molecule has 54 heavy (non-hydrogen) atoms. The van der Waals surface area contributed by atoms with E-state index in [1.165, 1.54) is 11.1 Å². The first kappa shape index (κ1) is 35.4. The summed E-state index contributed by atoms with van der Waals surface area (Å²) in [6.45, 7) is 13.2. The molecule has 1 aliphatic heterocycles. The van der Waals surface area contributed by atoms with Crippen molar-refractivity contribution >= 4 is 44.7 Å². The maximum absolute atomic E-state index is 6.88. The van der Waals surface area contributed by atoms with Gasteiger partial charge in [-0.25, -0.2) is 4.98 Å². The van der Waals surface area contributed by atoms with Crippen LogP contribution in [0.5, 0.6) is 11.5 Å². The molecule has 5 nitrogen and oxygen atoms in total. The first-order valence-electron chi connectivity index (χ1n) is 18.0. The topological polar surface area (TPSA) is 33.5 Å². The summed E-state index contributed by atoms with van der Waals surface area (Å²) in [5.41, 5.74) is 12.6. The molecule has 0 saturated heterocycles. The SMILES string of the molecule is Cc1cc2c(cc1C)N(c1ccccc1)[CH-]N2c1[c-]c(Oc2[c-]c(-n3c4ccccc4c4cccnc43)cc(-c3ccccc3)c2)cc(C(C)(C)C)c1.[Pt]. The number of aromatic nitrogens is 2. The van der Waals surface area contributed by atoms with E-state index in [4.69, 9.17) is 9.72 Å². The minimum atomic E-state index is -0.151. The molecule has 1 aliphatic rings. The Balaban J connectivity index is 0.00000413. The molecule has 0 bridgehead atoms. The van der Waals surface area contributed by atoms with E-state index in [0.717, 1.165) is 67.1 Å². The van der Waals surface area contributed by atoms with Gasteiger partial charge in [-0.2, -0.15) is 0 Å². The molecule has 0 amide bonds. The van der Waals surface area contributed by atoms with Crippen LogP contribution in [0.4, 0.5) is 22.7 Å². The molecular weight excluding hydrogens is 844 g/mol. The van der Waals surface area contributed by atoms with Crippen molar-refractivity contribution in [1.29, 1.82) is 0 Å². The fourth-order valence-electron chi connectivity index (χ4n) is 7.20. The second-order valence-electron chi connectivity index (χ2n) is 14.8. The van der Waals surface area contributed by atoms with Crippen molar-refractivity contribution in [3.05, 3.63) is 175 Å². The first-order valence-corrected chi connectivity index (χ1v) is 18.0. The van der Waals surface area contributed by atoms with Crippen molar-refractivity contribution in [3.8, 4) is 28.3 Å². The fraction of sp³-hybridized carbons (Fsp3) is 0.125. The van der Waals surface area contributed by atoms with E-state index in [0.29, 0.717) is 11.5 Å². The van der Waals surface area contributed by atoms with Gasteiger partial charge >= 0.3 is 0 Å². The normalized spacial score (nSPS) is 12.6. The van der Waals surface area contributed by atoms with Gasteiger partial charge < -0.3 is 19.1 Å². The average molecular weight is 883 g/mol. The Hall–Kier alpha value is -5.64. The van der Waals surface area contributed by atoms with Crippen molar-refractivity contribution in [2.24, 2.45) is 0 Å². The van der Waals surface area contributed by atoms with Crippen molar-refractivity contribution in [3.63, 3.8) is 0 Å². The van der Waals surface area contributed by atoms with Crippen LogP contribution < -0.4 is 14.5 Å². The van der Waals surface area contributed by atoms with Crippen molar-refractivity contribution in [2.75, 3.05) is 9.80 Å². The summed E-state index contributed by atoms with van der Waals surface area (Å²) < 4.78 is 9.07. The smallest absolute Gasteiger partial charge is 0.143 e. The third-order valence-corrected chi connectivity index (χ3v) is 10.2. The molecule has 3 heterocycles. The summed E-state index contributed by atoms with van der Waals surface area (Å²) >= 11 is 0. The van der Waals surface area contributed by atoms with Crippen LogP contribution in [-0.2, 0) is 26.5 Å². The molecular formula is C48H39N4OPt-3. The molecule has 0 N–H and O–H groups in total. The van der Waals surface area contributed by atoms with Crippen molar-refractivity contribution < 1.29 is 25.8 Å². The number of hydrogen-bond acceptors (Lipinski definition) is 4. The molecule has 0 radical (unpaired) electrons. The van der Waals surface area contributed by atoms with Crippen LogP contribution in [0.25, 0.3) is 38.8 Å². The second kappa shape index (κ2) is 14.0. The maximum atomic E-state index is 6.88. The van der Waals surface area contributed by atoms with Gasteiger partial charge in [0.25, 0.3) is 0 Å². The number of nitrogens with zero attached hydrogens (tertiary/aromatic N) is 4. The Morgan fingerprint density at radius 3 is 1.98 bits per heavy atom. The average Bonchev–Trinajstić information content (AvgIpc) is 3.71. The Kier molecular flexibility index (Phi) is 9.16. The third-order valence-electron chi connectivity index (χ3n) is 10.2. The quantitative estimate of drug-likeness (QED) is 0.156.